The van der Waals surface area contributed by atoms with Crippen LogP contribution in [0.25, 0.3) is 0 Å². The van der Waals surface area contributed by atoms with E-state index in [1.54, 1.807) is 31.7 Å². The monoisotopic (exact) mass is 569 g/mol. The molecule has 218 valence electrons. The van der Waals surface area contributed by atoms with E-state index in [2.05, 4.69) is 10.3 Å². The molecule has 2 amide bonds. The number of alkyl carbamates (subject to hydrolysis) is 1. The number of ether oxygens (including phenoxy) is 1. The van der Waals surface area contributed by atoms with Crippen LogP contribution in [0.5, 0.6) is 0 Å². The van der Waals surface area contributed by atoms with Crippen molar-refractivity contribution in [3.63, 3.8) is 0 Å². The van der Waals surface area contributed by atoms with Gasteiger partial charge in [-0.25, -0.2) is 4.79 Å². The first-order valence-electron chi connectivity index (χ1n) is 13.5. The van der Waals surface area contributed by atoms with E-state index < -0.39 is 43.2 Å². The zero-order valence-corrected chi connectivity index (χ0v) is 25.0. The fourth-order valence-electron chi connectivity index (χ4n) is 5.06. The minimum atomic E-state index is -4.51. The average molecular weight is 570 g/mol. The van der Waals surface area contributed by atoms with E-state index >= 15 is 0 Å². The Labute approximate surface area is 230 Å². The van der Waals surface area contributed by atoms with Crippen molar-refractivity contribution in [2.45, 2.75) is 109 Å². The molecule has 2 heterocycles. The Morgan fingerprint density at radius 1 is 1.23 bits per heavy atom. The molecule has 7 nitrogen and oxygen atoms in total. The lowest BCUT2D eigenvalue weighted by Gasteiger charge is -2.39. The molecule has 1 aliphatic carbocycles. The van der Waals surface area contributed by atoms with Crippen molar-refractivity contribution < 1.29 is 32.3 Å². The van der Waals surface area contributed by atoms with Crippen LogP contribution in [0.4, 0.5) is 18.0 Å². The topological polar surface area (TPSA) is 91.8 Å². The van der Waals surface area contributed by atoms with E-state index in [1.165, 1.54) is 0 Å². The van der Waals surface area contributed by atoms with Crippen LogP contribution in [0, 0.1) is 5.41 Å². The van der Waals surface area contributed by atoms with Gasteiger partial charge in [-0.1, -0.05) is 32.4 Å². The number of nitrogens with one attached hydrogen (secondary N) is 1. The van der Waals surface area contributed by atoms with Gasteiger partial charge in [-0.05, 0) is 69.8 Å². The lowest BCUT2D eigenvalue weighted by molar-refractivity contribution is -0.141. The van der Waals surface area contributed by atoms with Crippen LogP contribution in [0.1, 0.15) is 77.1 Å². The summed E-state index contributed by atoms with van der Waals surface area (Å²) < 4.78 is 45.3. The number of amides is 2. The second-order valence-electron chi connectivity index (χ2n) is 13.1. The summed E-state index contributed by atoms with van der Waals surface area (Å²) >= 11 is 0. The second-order valence-corrected chi connectivity index (χ2v) is 17.5. The predicted molar refractivity (Wildman–Crippen MR) is 145 cm³/mol. The maximum absolute atomic E-state index is 14.1. The van der Waals surface area contributed by atoms with Crippen LogP contribution in [0.3, 0.4) is 0 Å². The van der Waals surface area contributed by atoms with E-state index in [1.807, 2.05) is 33.0 Å². The molecule has 2 atom stereocenters. The first kappa shape index (κ1) is 31.1. The molecule has 0 aromatic carbocycles. The van der Waals surface area contributed by atoms with Gasteiger partial charge in [0.15, 0.2) is 8.32 Å². The maximum atomic E-state index is 14.1. The smallest absolute Gasteiger partial charge is 0.417 e. The molecule has 0 unspecified atom stereocenters. The SMILES string of the molecule is CC(C)(C)OC(=O)N[C@@H]1C=C[C@](CCCC(C)(C)[Si](C)(C)O)(C(=O)N2CCc3ncc(C(F)(F)F)cc3C2)C1. The van der Waals surface area contributed by atoms with E-state index in [9.17, 15) is 27.6 Å². The Morgan fingerprint density at radius 2 is 1.90 bits per heavy atom. The van der Waals surface area contributed by atoms with Gasteiger partial charge in [0.05, 0.1) is 17.0 Å². The van der Waals surface area contributed by atoms with Gasteiger partial charge in [-0.15, -0.1) is 0 Å². The largest absolute Gasteiger partial charge is 0.444 e. The number of fused-ring (bicyclic) bond motifs is 1. The van der Waals surface area contributed by atoms with Gasteiger partial charge in [0, 0.05) is 31.4 Å². The normalized spacial score (nSPS) is 22.0. The van der Waals surface area contributed by atoms with Gasteiger partial charge in [0.25, 0.3) is 0 Å². The van der Waals surface area contributed by atoms with Crippen molar-refractivity contribution in [3.05, 3.63) is 41.2 Å². The van der Waals surface area contributed by atoms with E-state index in [0.717, 1.165) is 18.7 Å². The molecule has 0 saturated heterocycles. The van der Waals surface area contributed by atoms with Crippen molar-refractivity contribution in [1.82, 2.24) is 15.2 Å². The summed E-state index contributed by atoms with van der Waals surface area (Å²) in [5.74, 6) is -0.173. The number of alkyl halides is 3. The third kappa shape index (κ3) is 7.62. The molecular formula is C28H42F3N3O4Si. The lowest BCUT2D eigenvalue weighted by atomic mass is 9.79. The predicted octanol–water partition coefficient (Wildman–Crippen LogP) is 5.97. The summed E-state index contributed by atoms with van der Waals surface area (Å²) in [6.45, 7) is 13.6. The number of carbonyl (C=O) groups is 2. The Hall–Kier alpha value is -2.40. The zero-order valence-electron chi connectivity index (χ0n) is 24.0. The molecule has 0 radical (unpaired) electrons. The highest BCUT2D eigenvalue weighted by atomic mass is 28.4. The summed E-state index contributed by atoms with van der Waals surface area (Å²) in [6, 6.07) is 0.665. The Morgan fingerprint density at radius 3 is 2.49 bits per heavy atom. The fraction of sp³-hybridized carbons (Fsp3) is 0.679. The Kier molecular flexibility index (Phi) is 8.68. The van der Waals surface area contributed by atoms with Crippen LogP contribution in [-0.4, -0.2) is 53.2 Å². The van der Waals surface area contributed by atoms with Gasteiger partial charge in [-0.3, -0.25) is 9.78 Å². The number of halogens is 3. The van der Waals surface area contributed by atoms with E-state index in [0.29, 0.717) is 43.5 Å². The third-order valence-corrected chi connectivity index (χ3v) is 11.7. The number of nitrogens with zero attached hydrogens (tertiary/aromatic N) is 2. The Bertz CT molecular complexity index is 1110. The number of pyridine rings is 1. The highest BCUT2D eigenvalue weighted by Gasteiger charge is 2.46. The first-order chi connectivity index (χ1) is 17.7. The van der Waals surface area contributed by atoms with Crippen LogP contribution in [0.15, 0.2) is 24.4 Å². The van der Waals surface area contributed by atoms with Crippen molar-refractivity contribution in [2.24, 2.45) is 5.41 Å². The quantitative estimate of drug-likeness (QED) is 0.312. The van der Waals surface area contributed by atoms with E-state index in [4.69, 9.17) is 4.74 Å². The molecule has 0 saturated carbocycles. The van der Waals surface area contributed by atoms with Gasteiger partial charge in [-0.2, -0.15) is 13.2 Å². The minimum absolute atomic E-state index is 0.0485. The molecule has 0 fully saturated rings. The first-order valence-corrected chi connectivity index (χ1v) is 16.4. The van der Waals surface area contributed by atoms with Gasteiger partial charge >= 0.3 is 12.3 Å². The molecule has 0 spiro atoms. The van der Waals surface area contributed by atoms with Crippen molar-refractivity contribution >= 4 is 20.3 Å². The number of hydrogen-bond acceptors (Lipinski definition) is 5. The number of aromatic nitrogens is 1. The molecule has 1 aromatic heterocycles. The van der Waals surface area contributed by atoms with E-state index in [-0.39, 0.29) is 17.5 Å². The van der Waals surface area contributed by atoms with Gasteiger partial charge in [0.2, 0.25) is 5.91 Å². The summed E-state index contributed by atoms with van der Waals surface area (Å²) in [5.41, 5.74) is -1.45. The second kappa shape index (κ2) is 10.9. The van der Waals surface area contributed by atoms with Crippen LogP contribution >= 0.6 is 0 Å². The molecular weight excluding hydrogens is 527 g/mol. The van der Waals surface area contributed by atoms with Gasteiger partial charge in [0.1, 0.15) is 5.60 Å². The highest BCUT2D eigenvalue weighted by molar-refractivity contribution is 6.72. The standard InChI is InChI=1S/C28H42F3N3O4Si/c1-25(2,3)38-24(36)33-21-9-13-27(16-21,12-8-11-26(4,5)39(6,7)37)23(35)34-14-10-22-19(18-34)15-20(17-32-22)28(29,30)31/h9,13,15,17,21,37H,8,10-12,14,16,18H2,1-7H3,(H,33,36)/t21-,27+/m1/s1. The minimum Gasteiger partial charge on any atom is -0.444 e. The van der Waals surface area contributed by atoms with Crippen molar-refractivity contribution in [2.75, 3.05) is 6.54 Å². The fourth-order valence-corrected chi connectivity index (χ4v) is 5.85. The summed E-state index contributed by atoms with van der Waals surface area (Å²) in [5, 5.41) is 2.57. The Balaban J connectivity index is 1.81. The summed E-state index contributed by atoms with van der Waals surface area (Å²) in [7, 11) is -2.45. The highest BCUT2D eigenvalue weighted by Crippen LogP contribution is 2.45. The number of carbonyl (C=O) groups excluding carboxylic acids is 2. The van der Waals surface area contributed by atoms with Crippen molar-refractivity contribution in [3.8, 4) is 0 Å². The van der Waals surface area contributed by atoms with Crippen LogP contribution < -0.4 is 5.32 Å². The lowest BCUT2D eigenvalue weighted by Crippen LogP contribution is -2.47. The molecule has 2 N–H and O–H groups in total. The van der Waals surface area contributed by atoms with Crippen LogP contribution in [-0.2, 0) is 28.7 Å². The average Bonchev–Trinajstić information content (AvgIpc) is 3.18. The maximum Gasteiger partial charge on any atom is 0.417 e. The van der Waals surface area contributed by atoms with Gasteiger partial charge < -0.3 is 19.7 Å². The number of hydrogen-bond donors (Lipinski definition) is 2. The van der Waals surface area contributed by atoms with Crippen molar-refractivity contribution in [1.29, 1.82) is 0 Å². The molecule has 0 bridgehead atoms. The third-order valence-electron chi connectivity index (χ3n) is 8.09. The molecule has 2 aliphatic rings. The zero-order chi connectivity index (χ0) is 29.4. The summed E-state index contributed by atoms with van der Waals surface area (Å²) in [4.78, 5) is 42.8. The molecule has 1 aromatic rings. The molecule has 11 heteroatoms. The summed E-state index contributed by atoms with van der Waals surface area (Å²) in [6.07, 6.45) is 1.98. The van der Waals surface area contributed by atoms with Crippen LogP contribution in [0.2, 0.25) is 18.1 Å². The molecule has 39 heavy (non-hydrogen) atoms. The number of rotatable bonds is 7. The molecule has 3 rings (SSSR count). The molecule has 1 aliphatic heterocycles.